The van der Waals surface area contributed by atoms with Crippen molar-refractivity contribution in [1.29, 1.82) is 0 Å². The van der Waals surface area contributed by atoms with Gasteiger partial charge in [0.1, 0.15) is 17.0 Å². The van der Waals surface area contributed by atoms with Crippen LogP contribution in [0.4, 0.5) is 0 Å². The van der Waals surface area contributed by atoms with Gasteiger partial charge in [-0.25, -0.2) is 4.98 Å². The molecular formula is C14H16N2O2. The Balaban J connectivity index is 2.52. The van der Waals surface area contributed by atoms with Crippen molar-refractivity contribution in [3.63, 3.8) is 0 Å². The molecule has 4 heteroatoms. The molecule has 94 valence electrons. The highest BCUT2D eigenvalue weighted by Crippen LogP contribution is 2.25. The Bertz CT molecular complexity index is 594. The number of Topliss-reactive ketones (excluding diaryl/α,β-unsaturated/α-hetero) is 1. The Labute approximate surface area is 106 Å². The average Bonchev–Trinajstić information content (AvgIpc) is 2.39. The van der Waals surface area contributed by atoms with E-state index in [0.29, 0.717) is 24.3 Å². The highest BCUT2D eigenvalue weighted by atomic mass is 16.5. The fraction of sp³-hybridized carbons (Fsp3) is 0.357. The van der Waals surface area contributed by atoms with Crippen molar-refractivity contribution in [2.45, 2.75) is 26.7 Å². The van der Waals surface area contributed by atoms with E-state index in [1.807, 2.05) is 26.0 Å². The molecule has 2 aromatic rings. The molecule has 0 N–H and O–H groups in total. The third-order valence-corrected chi connectivity index (χ3v) is 2.91. The van der Waals surface area contributed by atoms with Gasteiger partial charge in [0.15, 0.2) is 0 Å². The van der Waals surface area contributed by atoms with E-state index in [-0.39, 0.29) is 5.78 Å². The van der Waals surface area contributed by atoms with E-state index in [0.717, 1.165) is 16.6 Å². The minimum absolute atomic E-state index is 0.162. The molecule has 0 unspecified atom stereocenters. The lowest BCUT2D eigenvalue weighted by molar-refractivity contribution is -0.118. The van der Waals surface area contributed by atoms with Crippen molar-refractivity contribution in [2.75, 3.05) is 7.11 Å². The van der Waals surface area contributed by atoms with Crippen molar-refractivity contribution in [3.05, 3.63) is 29.6 Å². The highest BCUT2D eigenvalue weighted by molar-refractivity contribution is 5.85. The highest BCUT2D eigenvalue weighted by Gasteiger charge is 2.09. The summed E-state index contributed by atoms with van der Waals surface area (Å²) in [5, 5.41) is 0. The van der Waals surface area contributed by atoms with Crippen LogP contribution in [-0.2, 0) is 11.2 Å². The number of carbonyl (C=O) groups excluding carboxylic acids is 1. The molecule has 0 spiro atoms. The maximum atomic E-state index is 11.4. The van der Waals surface area contributed by atoms with Gasteiger partial charge in [-0.05, 0) is 18.6 Å². The predicted molar refractivity (Wildman–Crippen MR) is 69.8 cm³/mol. The number of methoxy groups -OCH3 is 1. The third kappa shape index (κ3) is 2.32. The maximum absolute atomic E-state index is 11.4. The number of fused-ring (bicyclic) bond motifs is 1. The molecule has 0 saturated carbocycles. The Morgan fingerprint density at radius 2 is 2.11 bits per heavy atom. The Hall–Kier alpha value is -1.97. The molecule has 0 aliphatic heterocycles. The fourth-order valence-corrected chi connectivity index (χ4v) is 1.82. The number of rotatable bonds is 4. The van der Waals surface area contributed by atoms with Crippen LogP contribution in [0.1, 0.15) is 24.6 Å². The molecule has 1 heterocycles. The van der Waals surface area contributed by atoms with Crippen LogP contribution >= 0.6 is 0 Å². The van der Waals surface area contributed by atoms with Crippen LogP contribution in [0.2, 0.25) is 0 Å². The van der Waals surface area contributed by atoms with Gasteiger partial charge >= 0.3 is 0 Å². The van der Waals surface area contributed by atoms with Gasteiger partial charge in [0.05, 0.1) is 24.7 Å². The van der Waals surface area contributed by atoms with Crippen LogP contribution < -0.4 is 4.74 Å². The predicted octanol–water partition coefficient (Wildman–Crippen LogP) is 2.47. The molecule has 1 aromatic heterocycles. The fourth-order valence-electron chi connectivity index (χ4n) is 1.82. The Kier molecular flexibility index (Phi) is 3.55. The summed E-state index contributed by atoms with van der Waals surface area (Å²) >= 11 is 0. The van der Waals surface area contributed by atoms with E-state index in [9.17, 15) is 4.79 Å². The first-order valence-corrected chi connectivity index (χ1v) is 5.96. The lowest BCUT2D eigenvalue weighted by Gasteiger charge is -2.07. The lowest BCUT2D eigenvalue weighted by atomic mass is 10.1. The number of ether oxygens (including phenoxy) is 1. The number of aromatic nitrogens is 2. The number of ketones is 1. The molecule has 2 rings (SSSR count). The first-order valence-electron chi connectivity index (χ1n) is 5.96. The first-order chi connectivity index (χ1) is 8.65. The number of aryl methyl sites for hydroxylation is 1. The van der Waals surface area contributed by atoms with Gasteiger partial charge in [0, 0.05) is 12.6 Å². The summed E-state index contributed by atoms with van der Waals surface area (Å²) in [4.78, 5) is 20.3. The molecule has 0 atom stereocenters. The van der Waals surface area contributed by atoms with E-state index in [4.69, 9.17) is 4.74 Å². The minimum atomic E-state index is 0.162. The summed E-state index contributed by atoms with van der Waals surface area (Å²) in [6, 6.07) is 3.82. The van der Waals surface area contributed by atoms with Crippen LogP contribution in [0.3, 0.4) is 0 Å². The van der Waals surface area contributed by atoms with E-state index >= 15 is 0 Å². The second kappa shape index (κ2) is 5.12. The van der Waals surface area contributed by atoms with Gasteiger partial charge in [0.25, 0.3) is 0 Å². The van der Waals surface area contributed by atoms with Crippen molar-refractivity contribution in [3.8, 4) is 5.75 Å². The SMILES string of the molecule is CCC(=O)Cc1cnc2c(C)ccc(OC)c2n1. The van der Waals surface area contributed by atoms with Gasteiger partial charge in [-0.2, -0.15) is 0 Å². The minimum Gasteiger partial charge on any atom is -0.494 e. The zero-order valence-corrected chi connectivity index (χ0v) is 10.9. The van der Waals surface area contributed by atoms with E-state index < -0.39 is 0 Å². The van der Waals surface area contributed by atoms with Crippen LogP contribution in [0.25, 0.3) is 11.0 Å². The molecule has 0 saturated heterocycles. The van der Waals surface area contributed by atoms with Crippen molar-refractivity contribution in [1.82, 2.24) is 9.97 Å². The molecular weight excluding hydrogens is 228 g/mol. The summed E-state index contributed by atoms with van der Waals surface area (Å²) in [7, 11) is 1.61. The Morgan fingerprint density at radius 1 is 1.33 bits per heavy atom. The van der Waals surface area contributed by atoms with Crippen LogP contribution in [0.15, 0.2) is 18.3 Å². The molecule has 0 bridgehead atoms. The molecule has 18 heavy (non-hydrogen) atoms. The number of hydrogen-bond acceptors (Lipinski definition) is 4. The van der Waals surface area contributed by atoms with Crippen LogP contribution in [-0.4, -0.2) is 22.9 Å². The number of benzene rings is 1. The number of hydrogen-bond donors (Lipinski definition) is 0. The smallest absolute Gasteiger partial charge is 0.146 e. The zero-order valence-electron chi connectivity index (χ0n) is 10.9. The molecule has 0 radical (unpaired) electrons. The summed E-state index contributed by atoms with van der Waals surface area (Å²) in [6.07, 6.45) is 2.52. The summed E-state index contributed by atoms with van der Waals surface area (Å²) in [5.74, 6) is 0.851. The van der Waals surface area contributed by atoms with Crippen LogP contribution in [0, 0.1) is 6.92 Å². The standard InChI is InChI=1S/C14H16N2O2/c1-4-11(17)7-10-8-15-13-9(2)5-6-12(18-3)14(13)16-10/h5-6,8H,4,7H2,1-3H3. The molecule has 0 aliphatic carbocycles. The summed E-state index contributed by atoms with van der Waals surface area (Å²) < 4.78 is 5.28. The van der Waals surface area contributed by atoms with E-state index in [1.165, 1.54) is 0 Å². The molecule has 0 fully saturated rings. The van der Waals surface area contributed by atoms with Crippen molar-refractivity contribution >= 4 is 16.8 Å². The van der Waals surface area contributed by atoms with Crippen molar-refractivity contribution < 1.29 is 9.53 Å². The lowest BCUT2D eigenvalue weighted by Crippen LogP contribution is -2.04. The second-order valence-corrected chi connectivity index (χ2v) is 4.21. The third-order valence-electron chi connectivity index (χ3n) is 2.91. The summed E-state index contributed by atoms with van der Waals surface area (Å²) in [6.45, 7) is 3.83. The van der Waals surface area contributed by atoms with Gasteiger partial charge in [0.2, 0.25) is 0 Å². The van der Waals surface area contributed by atoms with Gasteiger partial charge < -0.3 is 4.74 Å². The molecule has 4 nitrogen and oxygen atoms in total. The molecule has 0 aliphatic rings. The summed E-state index contributed by atoms with van der Waals surface area (Å²) in [5.41, 5.74) is 3.28. The maximum Gasteiger partial charge on any atom is 0.146 e. The number of nitrogens with zero attached hydrogens (tertiary/aromatic N) is 2. The van der Waals surface area contributed by atoms with Crippen LogP contribution in [0.5, 0.6) is 5.75 Å². The van der Waals surface area contributed by atoms with Gasteiger partial charge in [-0.1, -0.05) is 13.0 Å². The van der Waals surface area contributed by atoms with Gasteiger partial charge in [-0.15, -0.1) is 0 Å². The number of carbonyl (C=O) groups is 1. The Morgan fingerprint density at radius 3 is 2.78 bits per heavy atom. The zero-order chi connectivity index (χ0) is 13.1. The molecule has 0 amide bonds. The van der Waals surface area contributed by atoms with Crippen molar-refractivity contribution in [2.24, 2.45) is 0 Å². The topological polar surface area (TPSA) is 52.1 Å². The van der Waals surface area contributed by atoms with E-state index in [1.54, 1.807) is 13.3 Å². The monoisotopic (exact) mass is 244 g/mol. The normalized spacial score (nSPS) is 10.6. The molecule has 1 aromatic carbocycles. The second-order valence-electron chi connectivity index (χ2n) is 4.21. The quantitative estimate of drug-likeness (QED) is 0.829. The largest absolute Gasteiger partial charge is 0.494 e. The van der Waals surface area contributed by atoms with Gasteiger partial charge in [-0.3, -0.25) is 9.78 Å². The van der Waals surface area contributed by atoms with E-state index in [2.05, 4.69) is 9.97 Å². The average molecular weight is 244 g/mol. The first kappa shape index (κ1) is 12.5.